The van der Waals surface area contributed by atoms with Crippen LogP contribution in [0.3, 0.4) is 0 Å². The summed E-state index contributed by atoms with van der Waals surface area (Å²) in [6.45, 7) is 6.27. The van der Waals surface area contributed by atoms with E-state index in [1.165, 1.54) is 20.3 Å². The molecular weight excluding hydrogens is 351 g/mol. The molecule has 0 aliphatic carbocycles. The molecule has 0 atom stereocenters. The number of aromatic carboxylic acids is 1. The third kappa shape index (κ3) is 3.15. The van der Waals surface area contributed by atoms with Gasteiger partial charge in [-0.1, -0.05) is 0 Å². The zero-order chi connectivity index (χ0) is 14.0. The molecule has 0 bridgehead atoms. The van der Waals surface area contributed by atoms with Crippen LogP contribution in [0.4, 0.5) is 0 Å². The fourth-order valence-corrected chi connectivity index (χ4v) is 4.75. The first kappa shape index (κ1) is 14.1. The van der Waals surface area contributed by atoms with Gasteiger partial charge in [-0.05, 0) is 0 Å². The predicted molar refractivity (Wildman–Crippen MR) is 68.8 cm³/mol. The van der Waals surface area contributed by atoms with Gasteiger partial charge in [-0.2, -0.15) is 0 Å². The fourth-order valence-electron chi connectivity index (χ4n) is 1.85. The Bertz CT molecular complexity index is 633. The van der Waals surface area contributed by atoms with E-state index in [4.69, 9.17) is 0 Å². The quantitative estimate of drug-likeness (QED) is 0.661. The van der Waals surface area contributed by atoms with E-state index in [1.54, 1.807) is 12.1 Å². The monoisotopic (exact) mass is 366 g/mol. The van der Waals surface area contributed by atoms with Gasteiger partial charge < -0.3 is 0 Å². The van der Waals surface area contributed by atoms with Crippen molar-refractivity contribution < 1.29 is 31.1 Å². The van der Waals surface area contributed by atoms with Gasteiger partial charge in [-0.3, -0.25) is 0 Å². The second-order valence-corrected chi connectivity index (χ2v) is 7.41. The van der Waals surface area contributed by atoms with Crippen molar-refractivity contribution in [2.24, 2.45) is 0 Å². The molecule has 2 aromatic rings. The number of halogens is 1. The number of rotatable bonds is 3. The van der Waals surface area contributed by atoms with Crippen molar-refractivity contribution in [3.05, 3.63) is 65.8 Å². The van der Waals surface area contributed by atoms with Gasteiger partial charge in [-0.25, -0.2) is 0 Å². The summed E-state index contributed by atoms with van der Waals surface area (Å²) in [5.41, 5.74) is 4.10. The van der Waals surface area contributed by atoms with Crippen LogP contribution in [0, 0.1) is 27.9 Å². The number of carboxylic acids is 1. The molecular formula is C16H15IO2-2. The molecule has 3 heteroatoms. The van der Waals surface area contributed by atoms with Gasteiger partial charge in [0.25, 0.3) is 0 Å². The number of hydrogen-bond donors (Lipinski definition) is 0. The third-order valence-electron chi connectivity index (χ3n) is 3.07. The number of carbonyl (C=O) groups excluding carboxylic acids is 1. The average molecular weight is 366 g/mol. The summed E-state index contributed by atoms with van der Waals surface area (Å²) >= 11 is -0.499. The summed E-state index contributed by atoms with van der Waals surface area (Å²) in [5, 5.41) is 11.1. The number of carboxylic acid groups (broad SMARTS) is 1. The summed E-state index contributed by atoms with van der Waals surface area (Å²) in [7, 11) is 0. The molecule has 0 amide bonds. The van der Waals surface area contributed by atoms with Crippen LogP contribution in [0.2, 0.25) is 0 Å². The van der Waals surface area contributed by atoms with E-state index in [0.29, 0.717) is 5.56 Å². The Morgan fingerprint density at radius 1 is 0.947 bits per heavy atom. The Labute approximate surface area is 123 Å². The first-order valence-corrected chi connectivity index (χ1v) is 8.18. The van der Waals surface area contributed by atoms with Gasteiger partial charge in [0.1, 0.15) is 0 Å². The van der Waals surface area contributed by atoms with Crippen LogP contribution in [0.5, 0.6) is 0 Å². The summed E-state index contributed by atoms with van der Waals surface area (Å²) < 4.78 is 2.18. The minimum atomic E-state index is -1.09. The molecule has 0 aliphatic rings. The Hall–Kier alpha value is -1.36. The number of aryl methyl sites for hydroxylation is 3. The Morgan fingerprint density at radius 2 is 1.58 bits per heavy atom. The van der Waals surface area contributed by atoms with Crippen LogP contribution >= 0.6 is 0 Å². The van der Waals surface area contributed by atoms with Crippen molar-refractivity contribution in [1.82, 2.24) is 0 Å². The van der Waals surface area contributed by atoms with Crippen molar-refractivity contribution in [3.63, 3.8) is 0 Å². The van der Waals surface area contributed by atoms with E-state index in [-0.39, 0.29) is 0 Å². The topological polar surface area (TPSA) is 40.1 Å². The van der Waals surface area contributed by atoms with Crippen LogP contribution in [-0.2, 0) is 0 Å². The summed E-state index contributed by atoms with van der Waals surface area (Å²) in [4.78, 5) is 11.1. The number of hydrogen-bond acceptors (Lipinski definition) is 2. The van der Waals surface area contributed by atoms with Gasteiger partial charge in [-0.15, -0.1) is 0 Å². The molecule has 0 unspecified atom stereocenters. The normalized spacial score (nSPS) is 10.7. The van der Waals surface area contributed by atoms with Crippen molar-refractivity contribution in [3.8, 4) is 0 Å². The maximum absolute atomic E-state index is 11.1. The molecule has 0 radical (unpaired) electrons. The zero-order valence-electron chi connectivity index (χ0n) is 11.2. The standard InChI is InChI=1S/C16H16IO2/c1-10-8-12(3)15(9-11(10)2)17-14-7-5-4-6-13(14)16(18)19/h4-9H,1-3H3,(H,18,19)/q-1/p-1. The first-order valence-electron chi connectivity index (χ1n) is 6.02. The average Bonchev–Trinajstić information content (AvgIpc) is 2.36. The number of carbonyl (C=O) groups is 1. The summed E-state index contributed by atoms with van der Waals surface area (Å²) in [6.07, 6.45) is 0. The van der Waals surface area contributed by atoms with Gasteiger partial charge in [0.2, 0.25) is 0 Å². The molecule has 0 N–H and O–H groups in total. The van der Waals surface area contributed by atoms with E-state index in [1.807, 2.05) is 12.1 Å². The van der Waals surface area contributed by atoms with Crippen LogP contribution < -0.4 is 26.3 Å². The molecule has 0 fully saturated rings. The minimum absolute atomic E-state index is 0.327. The Morgan fingerprint density at radius 3 is 2.26 bits per heavy atom. The zero-order valence-corrected chi connectivity index (χ0v) is 13.3. The van der Waals surface area contributed by atoms with Crippen molar-refractivity contribution >= 4 is 5.97 Å². The summed E-state index contributed by atoms with van der Waals surface area (Å²) in [5.74, 6) is -1.09. The van der Waals surface area contributed by atoms with Gasteiger partial charge in [0.15, 0.2) is 0 Å². The van der Waals surface area contributed by atoms with Crippen LogP contribution in [-0.4, -0.2) is 5.97 Å². The van der Waals surface area contributed by atoms with E-state index >= 15 is 0 Å². The second-order valence-electron chi connectivity index (χ2n) is 4.55. The SMILES string of the molecule is Cc1cc(C)c([I-]c2ccccc2C(=O)[O-])cc1C. The third-order valence-corrected chi connectivity index (χ3v) is 6.34. The molecule has 0 aliphatic heterocycles. The molecule has 0 saturated carbocycles. The molecule has 0 saturated heterocycles. The van der Waals surface area contributed by atoms with Crippen molar-refractivity contribution in [2.45, 2.75) is 20.8 Å². The van der Waals surface area contributed by atoms with Crippen LogP contribution in [0.1, 0.15) is 27.0 Å². The predicted octanol–water partition coefficient (Wildman–Crippen LogP) is -0.896. The van der Waals surface area contributed by atoms with E-state index in [0.717, 1.165) is 3.57 Å². The van der Waals surface area contributed by atoms with E-state index in [9.17, 15) is 9.90 Å². The first-order chi connectivity index (χ1) is 8.99. The van der Waals surface area contributed by atoms with E-state index < -0.39 is 27.2 Å². The number of benzene rings is 2. The molecule has 19 heavy (non-hydrogen) atoms. The molecule has 2 nitrogen and oxygen atoms in total. The Kier molecular flexibility index (Phi) is 4.24. The summed E-state index contributed by atoms with van der Waals surface area (Å²) in [6, 6.07) is 11.5. The van der Waals surface area contributed by atoms with Gasteiger partial charge >= 0.3 is 124 Å². The molecule has 0 aromatic heterocycles. The Balaban J connectivity index is 2.42. The van der Waals surface area contributed by atoms with Crippen molar-refractivity contribution in [1.29, 1.82) is 0 Å². The molecule has 0 spiro atoms. The van der Waals surface area contributed by atoms with Crippen LogP contribution in [0.25, 0.3) is 0 Å². The second kappa shape index (κ2) is 5.74. The maximum atomic E-state index is 11.1. The van der Waals surface area contributed by atoms with Crippen molar-refractivity contribution in [2.75, 3.05) is 0 Å². The van der Waals surface area contributed by atoms with Gasteiger partial charge in [0.05, 0.1) is 0 Å². The van der Waals surface area contributed by atoms with Crippen LogP contribution in [0.15, 0.2) is 36.4 Å². The molecule has 100 valence electrons. The molecule has 0 heterocycles. The fraction of sp³-hybridized carbons (Fsp3) is 0.188. The van der Waals surface area contributed by atoms with E-state index in [2.05, 4.69) is 32.9 Å². The van der Waals surface area contributed by atoms with Gasteiger partial charge in [0, 0.05) is 0 Å². The molecule has 2 aromatic carbocycles. The molecule has 2 rings (SSSR count).